The van der Waals surface area contributed by atoms with Crippen LogP contribution in [0.3, 0.4) is 0 Å². The summed E-state index contributed by atoms with van der Waals surface area (Å²) >= 11 is 5.83. The van der Waals surface area contributed by atoms with Gasteiger partial charge in [0.1, 0.15) is 0 Å². The van der Waals surface area contributed by atoms with Gasteiger partial charge < -0.3 is 15.8 Å². The quantitative estimate of drug-likeness (QED) is 0.837. The van der Waals surface area contributed by atoms with E-state index in [4.69, 9.17) is 22.1 Å². The summed E-state index contributed by atoms with van der Waals surface area (Å²) in [6.07, 6.45) is 0.291. The summed E-state index contributed by atoms with van der Waals surface area (Å²) in [7, 11) is 0. The molecule has 0 aromatic heterocycles. The number of nitrogens with one attached hydrogen (secondary N) is 1. The lowest BCUT2D eigenvalue weighted by molar-refractivity contribution is -0.121. The molecule has 2 atom stereocenters. The van der Waals surface area contributed by atoms with E-state index in [1.165, 1.54) is 0 Å². The van der Waals surface area contributed by atoms with Crippen molar-refractivity contribution in [3.63, 3.8) is 0 Å². The van der Waals surface area contributed by atoms with Crippen molar-refractivity contribution in [2.75, 3.05) is 30.7 Å². The molecule has 1 aromatic rings. The number of hydrogen-bond donors (Lipinski definition) is 2. The molecule has 1 fully saturated rings. The molecule has 20 heavy (non-hydrogen) atoms. The highest BCUT2D eigenvalue weighted by Gasteiger charge is 2.23. The molecule has 6 heteroatoms. The minimum atomic E-state index is -0.0830. The minimum Gasteiger partial charge on any atom is -0.397 e. The van der Waals surface area contributed by atoms with Crippen molar-refractivity contribution in [1.82, 2.24) is 4.90 Å². The molecular weight excluding hydrogens is 278 g/mol. The van der Waals surface area contributed by atoms with E-state index in [1.807, 2.05) is 13.8 Å². The fourth-order valence-corrected chi connectivity index (χ4v) is 2.63. The number of hydrogen-bond acceptors (Lipinski definition) is 4. The van der Waals surface area contributed by atoms with Gasteiger partial charge in [-0.2, -0.15) is 0 Å². The predicted octanol–water partition coefficient (Wildman–Crippen LogP) is 1.97. The predicted molar refractivity (Wildman–Crippen MR) is 80.9 cm³/mol. The first-order valence-electron chi connectivity index (χ1n) is 6.66. The Hall–Kier alpha value is -1.30. The van der Waals surface area contributed by atoms with E-state index >= 15 is 0 Å². The van der Waals surface area contributed by atoms with Crippen LogP contribution >= 0.6 is 11.6 Å². The van der Waals surface area contributed by atoms with Crippen LogP contribution in [-0.2, 0) is 9.53 Å². The van der Waals surface area contributed by atoms with Crippen molar-refractivity contribution >= 4 is 28.9 Å². The number of halogens is 1. The van der Waals surface area contributed by atoms with Crippen molar-refractivity contribution in [1.29, 1.82) is 0 Å². The van der Waals surface area contributed by atoms with Gasteiger partial charge in [0.2, 0.25) is 5.91 Å². The fraction of sp³-hybridized carbons (Fsp3) is 0.500. The number of carbonyl (C=O) groups excluding carboxylic acids is 1. The largest absolute Gasteiger partial charge is 0.397 e. The Morgan fingerprint density at radius 3 is 2.70 bits per heavy atom. The van der Waals surface area contributed by atoms with E-state index in [2.05, 4.69) is 10.2 Å². The van der Waals surface area contributed by atoms with Crippen molar-refractivity contribution in [2.24, 2.45) is 0 Å². The molecular formula is C14H20ClN3O2. The Morgan fingerprint density at radius 2 is 2.10 bits per heavy atom. The van der Waals surface area contributed by atoms with Gasteiger partial charge in [0.25, 0.3) is 0 Å². The molecule has 2 rings (SSSR count). The van der Waals surface area contributed by atoms with Crippen LogP contribution < -0.4 is 11.1 Å². The fourth-order valence-electron chi connectivity index (χ4n) is 2.45. The van der Waals surface area contributed by atoms with Crippen molar-refractivity contribution in [2.45, 2.75) is 26.1 Å². The van der Waals surface area contributed by atoms with Crippen LogP contribution in [0.25, 0.3) is 0 Å². The average Bonchev–Trinajstić information content (AvgIpc) is 2.31. The number of benzene rings is 1. The van der Waals surface area contributed by atoms with E-state index in [9.17, 15) is 4.79 Å². The zero-order valence-electron chi connectivity index (χ0n) is 11.7. The first-order valence-corrected chi connectivity index (χ1v) is 7.04. The van der Waals surface area contributed by atoms with Crippen LogP contribution in [0.5, 0.6) is 0 Å². The number of morpholine rings is 1. The monoisotopic (exact) mass is 297 g/mol. The van der Waals surface area contributed by atoms with Gasteiger partial charge in [0.05, 0.1) is 30.1 Å². The van der Waals surface area contributed by atoms with Crippen LogP contribution in [-0.4, -0.2) is 42.6 Å². The van der Waals surface area contributed by atoms with E-state index in [1.54, 1.807) is 18.2 Å². The molecule has 1 aromatic carbocycles. The molecule has 1 aliphatic heterocycles. The van der Waals surface area contributed by atoms with E-state index in [0.29, 0.717) is 22.9 Å². The molecule has 0 radical (unpaired) electrons. The summed E-state index contributed by atoms with van der Waals surface area (Å²) in [6, 6.07) is 5.03. The number of rotatable bonds is 3. The zero-order chi connectivity index (χ0) is 14.7. The van der Waals surface area contributed by atoms with Gasteiger partial charge in [-0.1, -0.05) is 11.6 Å². The number of carbonyl (C=O) groups is 1. The van der Waals surface area contributed by atoms with Gasteiger partial charge in [0, 0.05) is 18.1 Å². The van der Waals surface area contributed by atoms with Crippen LogP contribution in [0.1, 0.15) is 13.8 Å². The SMILES string of the molecule is C[C@@H]1CN(CC(=O)Nc2ccc(Cl)cc2N)C[C@H](C)O1. The number of nitrogen functional groups attached to an aromatic ring is 1. The molecule has 0 spiro atoms. The lowest BCUT2D eigenvalue weighted by Crippen LogP contribution is -2.48. The average molecular weight is 298 g/mol. The Kier molecular flexibility index (Phi) is 4.86. The Bertz CT molecular complexity index is 485. The third-order valence-corrected chi connectivity index (χ3v) is 3.39. The summed E-state index contributed by atoms with van der Waals surface area (Å²) in [5, 5.41) is 3.36. The maximum Gasteiger partial charge on any atom is 0.238 e. The highest BCUT2D eigenvalue weighted by atomic mass is 35.5. The molecule has 0 unspecified atom stereocenters. The number of anilines is 2. The zero-order valence-corrected chi connectivity index (χ0v) is 12.5. The molecule has 110 valence electrons. The van der Waals surface area contributed by atoms with Crippen molar-refractivity contribution < 1.29 is 9.53 Å². The smallest absolute Gasteiger partial charge is 0.238 e. The van der Waals surface area contributed by atoms with Gasteiger partial charge in [-0.25, -0.2) is 0 Å². The summed E-state index contributed by atoms with van der Waals surface area (Å²) in [6.45, 7) is 5.87. The van der Waals surface area contributed by atoms with Crippen molar-refractivity contribution in [3.8, 4) is 0 Å². The number of nitrogens with two attached hydrogens (primary N) is 1. The van der Waals surface area contributed by atoms with Gasteiger partial charge in [-0.15, -0.1) is 0 Å². The lowest BCUT2D eigenvalue weighted by Gasteiger charge is -2.34. The molecule has 1 aliphatic rings. The molecule has 0 saturated carbocycles. The number of nitrogens with zero attached hydrogens (tertiary/aromatic N) is 1. The molecule has 0 bridgehead atoms. The van der Waals surface area contributed by atoms with Crippen LogP contribution in [0.2, 0.25) is 5.02 Å². The van der Waals surface area contributed by atoms with Gasteiger partial charge in [-0.3, -0.25) is 9.69 Å². The summed E-state index contributed by atoms with van der Waals surface area (Å²) in [5.41, 5.74) is 6.87. The second-order valence-electron chi connectivity index (χ2n) is 5.23. The van der Waals surface area contributed by atoms with E-state index in [0.717, 1.165) is 13.1 Å². The second kappa shape index (κ2) is 6.43. The normalized spacial score (nSPS) is 23.6. The van der Waals surface area contributed by atoms with E-state index in [-0.39, 0.29) is 18.1 Å². The Morgan fingerprint density at radius 1 is 1.45 bits per heavy atom. The van der Waals surface area contributed by atoms with Gasteiger partial charge in [-0.05, 0) is 32.0 Å². The lowest BCUT2D eigenvalue weighted by atomic mass is 10.2. The highest BCUT2D eigenvalue weighted by molar-refractivity contribution is 6.31. The van der Waals surface area contributed by atoms with Crippen LogP contribution in [0.4, 0.5) is 11.4 Å². The molecule has 1 saturated heterocycles. The summed E-state index contributed by atoms with van der Waals surface area (Å²) in [5.74, 6) is -0.0830. The number of ether oxygens (including phenoxy) is 1. The molecule has 5 nitrogen and oxygen atoms in total. The molecule has 1 heterocycles. The Balaban J connectivity index is 1.92. The summed E-state index contributed by atoms with van der Waals surface area (Å²) < 4.78 is 5.64. The van der Waals surface area contributed by atoms with Gasteiger partial charge in [0.15, 0.2) is 0 Å². The molecule has 1 amide bonds. The molecule has 3 N–H and O–H groups in total. The summed E-state index contributed by atoms with van der Waals surface area (Å²) in [4.78, 5) is 14.1. The maximum atomic E-state index is 12.0. The van der Waals surface area contributed by atoms with Gasteiger partial charge >= 0.3 is 0 Å². The van der Waals surface area contributed by atoms with Crippen LogP contribution in [0.15, 0.2) is 18.2 Å². The minimum absolute atomic E-state index is 0.0830. The third-order valence-electron chi connectivity index (χ3n) is 3.15. The van der Waals surface area contributed by atoms with Crippen LogP contribution in [0, 0.1) is 0 Å². The van der Waals surface area contributed by atoms with Crippen molar-refractivity contribution in [3.05, 3.63) is 23.2 Å². The molecule has 0 aliphatic carbocycles. The highest BCUT2D eigenvalue weighted by Crippen LogP contribution is 2.22. The topological polar surface area (TPSA) is 67.6 Å². The standard InChI is InChI=1S/C14H20ClN3O2/c1-9-6-18(7-10(2)20-9)8-14(19)17-13-4-3-11(15)5-12(13)16/h3-5,9-10H,6-8,16H2,1-2H3,(H,17,19)/t9-,10+. The first kappa shape index (κ1) is 15.1. The first-order chi connectivity index (χ1) is 9.44. The second-order valence-corrected chi connectivity index (χ2v) is 5.67. The number of amides is 1. The Labute approximate surface area is 124 Å². The van der Waals surface area contributed by atoms with E-state index < -0.39 is 0 Å². The third kappa shape index (κ3) is 4.10. The maximum absolute atomic E-state index is 12.0.